The highest BCUT2D eigenvalue weighted by molar-refractivity contribution is 7.16. The molecule has 1 atom stereocenters. The lowest BCUT2D eigenvalue weighted by molar-refractivity contribution is -0.127. The van der Waals surface area contributed by atoms with Crippen molar-refractivity contribution in [3.05, 3.63) is 39.0 Å². The molecule has 0 radical (unpaired) electrons. The van der Waals surface area contributed by atoms with E-state index < -0.39 is 11.4 Å². The molecule has 0 saturated carbocycles. The van der Waals surface area contributed by atoms with Gasteiger partial charge in [-0.15, -0.1) is 11.3 Å². The maximum absolute atomic E-state index is 15.7. The Hall–Kier alpha value is -3.18. The number of likely N-dealkylation sites (N-methyl/N-ethyl adjacent to an activating group) is 1. The summed E-state index contributed by atoms with van der Waals surface area (Å²) in [5, 5.41) is 13.9. The van der Waals surface area contributed by atoms with E-state index in [9.17, 15) is 19.5 Å². The number of aryl methyl sites for hydroxylation is 1. The third-order valence-electron chi connectivity index (χ3n) is 6.29. The lowest BCUT2D eigenvalue weighted by atomic mass is 10.1. The zero-order valence-corrected chi connectivity index (χ0v) is 22.0. The van der Waals surface area contributed by atoms with E-state index in [1.165, 1.54) is 18.4 Å². The lowest BCUT2D eigenvalue weighted by Gasteiger charge is -2.20. The second-order valence-electron chi connectivity index (χ2n) is 10.0. The molecule has 1 unspecified atom stereocenters. The Bertz CT molecular complexity index is 1400. The summed E-state index contributed by atoms with van der Waals surface area (Å²) in [5.41, 5.74) is -0.931. The van der Waals surface area contributed by atoms with Crippen molar-refractivity contribution in [2.75, 3.05) is 13.7 Å². The van der Waals surface area contributed by atoms with Gasteiger partial charge in [-0.2, -0.15) is 0 Å². The molecule has 194 valence electrons. The number of amides is 2. The second kappa shape index (κ2) is 9.36. The number of carbonyl (C=O) groups excluding carboxylic acids is 2. The topological polar surface area (TPSA) is 117 Å². The number of nitrogens with zero attached hydrogens (tertiary/aromatic N) is 2. The van der Waals surface area contributed by atoms with Gasteiger partial charge in [-0.3, -0.25) is 14.4 Å². The summed E-state index contributed by atoms with van der Waals surface area (Å²) in [6.07, 6.45) is 2.58. The Morgan fingerprint density at radius 3 is 2.64 bits per heavy atom. The maximum Gasteiger partial charge on any atom is 0.274 e. The zero-order chi connectivity index (χ0) is 26.5. The number of rotatable bonds is 7. The molecule has 0 spiro atoms. The fourth-order valence-electron chi connectivity index (χ4n) is 4.31. The predicted octanol–water partition coefficient (Wildman–Crippen LogP) is 3.10. The minimum atomic E-state index is -1.48. The molecule has 11 heteroatoms. The standard InChI is InChI=1S/C25H31FN4O5S/c1-12(2)27-23(32)16-9-14-15(10-29(5)24(33)19(14)28-16)21-20(18(26)22(36-21)25(3,4)34)35-11-13-7-8-17(31)30(13)6/h9-10,12-13,28,34H,7-8,11H2,1-6H3,(H,27,32). The third kappa shape index (κ3) is 4.64. The molecule has 2 amide bonds. The van der Waals surface area contributed by atoms with E-state index in [0.717, 1.165) is 11.3 Å². The van der Waals surface area contributed by atoms with Crippen LogP contribution in [0.5, 0.6) is 5.75 Å². The van der Waals surface area contributed by atoms with Gasteiger partial charge >= 0.3 is 0 Å². The van der Waals surface area contributed by atoms with Crippen molar-refractivity contribution >= 4 is 34.1 Å². The number of hydrogen-bond acceptors (Lipinski definition) is 6. The van der Waals surface area contributed by atoms with Crippen LogP contribution in [0.25, 0.3) is 21.3 Å². The number of halogens is 1. The van der Waals surface area contributed by atoms with E-state index in [2.05, 4.69) is 10.3 Å². The highest BCUT2D eigenvalue weighted by Crippen LogP contribution is 2.47. The van der Waals surface area contributed by atoms with E-state index in [-0.39, 0.29) is 57.9 Å². The minimum absolute atomic E-state index is 0.00564. The molecule has 4 heterocycles. The molecule has 4 rings (SSSR count). The molecule has 9 nitrogen and oxygen atoms in total. The number of thiophene rings is 1. The van der Waals surface area contributed by atoms with E-state index in [1.807, 2.05) is 13.8 Å². The summed E-state index contributed by atoms with van der Waals surface area (Å²) in [7, 11) is 3.26. The van der Waals surface area contributed by atoms with Gasteiger partial charge in [0.15, 0.2) is 11.6 Å². The van der Waals surface area contributed by atoms with Crippen LogP contribution in [0.1, 0.15) is 55.9 Å². The highest BCUT2D eigenvalue weighted by atomic mass is 32.1. The van der Waals surface area contributed by atoms with Gasteiger partial charge in [0, 0.05) is 43.7 Å². The Morgan fingerprint density at radius 1 is 1.36 bits per heavy atom. The monoisotopic (exact) mass is 518 g/mol. The van der Waals surface area contributed by atoms with Crippen molar-refractivity contribution in [2.45, 2.75) is 58.2 Å². The van der Waals surface area contributed by atoms with Crippen molar-refractivity contribution in [1.29, 1.82) is 0 Å². The van der Waals surface area contributed by atoms with Crippen LogP contribution in [-0.2, 0) is 17.4 Å². The molecule has 1 aliphatic heterocycles. The number of H-pyrrole nitrogens is 1. The Balaban J connectivity index is 1.86. The molecular weight excluding hydrogens is 487 g/mol. The minimum Gasteiger partial charge on any atom is -0.487 e. The first-order valence-electron chi connectivity index (χ1n) is 11.8. The SMILES string of the molecule is CC(C)NC(=O)c1cc2c(-c3sc(C(C)(C)O)c(F)c3OCC3CCC(=O)N3C)cn(C)c(=O)c2[nH]1. The zero-order valence-electron chi connectivity index (χ0n) is 21.2. The van der Waals surface area contributed by atoms with Crippen LogP contribution in [-0.4, -0.2) is 57.1 Å². The third-order valence-corrected chi connectivity index (χ3v) is 7.78. The number of ether oxygens (including phenoxy) is 1. The van der Waals surface area contributed by atoms with Crippen LogP contribution in [0.2, 0.25) is 0 Å². The van der Waals surface area contributed by atoms with Crippen molar-refractivity contribution in [3.63, 3.8) is 0 Å². The van der Waals surface area contributed by atoms with E-state index in [4.69, 9.17) is 4.74 Å². The average molecular weight is 519 g/mol. The summed E-state index contributed by atoms with van der Waals surface area (Å²) in [6.45, 7) is 6.71. The lowest BCUT2D eigenvalue weighted by Crippen LogP contribution is -2.33. The van der Waals surface area contributed by atoms with Crippen LogP contribution in [0.15, 0.2) is 17.1 Å². The molecule has 3 aromatic rings. The first-order valence-corrected chi connectivity index (χ1v) is 12.6. The molecule has 1 saturated heterocycles. The number of aromatic nitrogens is 2. The van der Waals surface area contributed by atoms with E-state index in [0.29, 0.717) is 28.7 Å². The molecule has 0 aromatic carbocycles. The van der Waals surface area contributed by atoms with Crippen LogP contribution >= 0.6 is 11.3 Å². The van der Waals surface area contributed by atoms with Crippen molar-refractivity contribution in [2.24, 2.45) is 7.05 Å². The number of aliphatic hydroxyl groups is 1. The number of carbonyl (C=O) groups is 2. The van der Waals surface area contributed by atoms with Gasteiger partial charge in [0.1, 0.15) is 17.8 Å². The fourth-order valence-corrected chi connectivity index (χ4v) is 5.46. The molecule has 3 N–H and O–H groups in total. The largest absolute Gasteiger partial charge is 0.487 e. The van der Waals surface area contributed by atoms with Crippen molar-refractivity contribution in [1.82, 2.24) is 19.8 Å². The van der Waals surface area contributed by atoms with Crippen molar-refractivity contribution in [3.8, 4) is 16.2 Å². The number of nitrogens with one attached hydrogen (secondary N) is 2. The summed E-state index contributed by atoms with van der Waals surface area (Å²) in [5.74, 6) is -1.11. The number of hydrogen-bond donors (Lipinski definition) is 3. The number of pyridine rings is 1. The molecule has 1 fully saturated rings. The van der Waals surface area contributed by atoms with E-state index in [1.54, 1.807) is 31.3 Å². The van der Waals surface area contributed by atoms with Gasteiger partial charge < -0.3 is 29.6 Å². The predicted molar refractivity (Wildman–Crippen MR) is 136 cm³/mol. The molecule has 1 aliphatic rings. The summed E-state index contributed by atoms with van der Waals surface area (Å²) >= 11 is 1.03. The highest BCUT2D eigenvalue weighted by Gasteiger charge is 2.33. The molecule has 3 aromatic heterocycles. The van der Waals surface area contributed by atoms with Gasteiger partial charge in [-0.25, -0.2) is 4.39 Å². The van der Waals surface area contributed by atoms with Gasteiger partial charge in [-0.1, -0.05) is 0 Å². The van der Waals surface area contributed by atoms with Gasteiger partial charge in [-0.05, 0) is 40.2 Å². The smallest absolute Gasteiger partial charge is 0.274 e. The normalized spacial score (nSPS) is 16.4. The summed E-state index contributed by atoms with van der Waals surface area (Å²) in [4.78, 5) is 42.4. The van der Waals surface area contributed by atoms with Gasteiger partial charge in [0.25, 0.3) is 11.5 Å². The molecule has 36 heavy (non-hydrogen) atoms. The van der Waals surface area contributed by atoms with E-state index >= 15 is 4.39 Å². The van der Waals surface area contributed by atoms with Gasteiger partial charge in [0.05, 0.1) is 21.4 Å². The Labute approximate surface area is 211 Å². The molecule has 0 bridgehead atoms. The van der Waals surface area contributed by atoms with Crippen LogP contribution in [0, 0.1) is 5.82 Å². The summed E-state index contributed by atoms with van der Waals surface area (Å²) < 4.78 is 23.0. The average Bonchev–Trinajstić information content (AvgIpc) is 3.46. The van der Waals surface area contributed by atoms with Crippen LogP contribution < -0.4 is 15.6 Å². The van der Waals surface area contributed by atoms with Gasteiger partial charge in [0.2, 0.25) is 5.91 Å². The van der Waals surface area contributed by atoms with Crippen LogP contribution in [0.4, 0.5) is 4.39 Å². The molecular formula is C25H31FN4O5S. The number of fused-ring (bicyclic) bond motifs is 1. The quantitative estimate of drug-likeness (QED) is 0.445. The first-order chi connectivity index (χ1) is 16.8. The molecule has 0 aliphatic carbocycles. The summed E-state index contributed by atoms with van der Waals surface area (Å²) in [6, 6.07) is 1.26. The van der Waals surface area contributed by atoms with Crippen molar-refractivity contribution < 1.29 is 23.8 Å². The number of likely N-dealkylation sites (tertiary alicyclic amines) is 1. The fraction of sp³-hybridized carbons (Fsp3) is 0.480. The first kappa shape index (κ1) is 25.9. The second-order valence-corrected chi connectivity index (χ2v) is 11.0. The maximum atomic E-state index is 15.7. The number of aromatic amines is 1. The van der Waals surface area contributed by atoms with Crippen LogP contribution in [0.3, 0.4) is 0 Å². The Kier molecular flexibility index (Phi) is 6.74. The Morgan fingerprint density at radius 2 is 2.06 bits per heavy atom.